The summed E-state index contributed by atoms with van der Waals surface area (Å²) in [5.41, 5.74) is -2.45. The molecule has 2 aromatic heterocycles. The van der Waals surface area contributed by atoms with Crippen LogP contribution in [0, 0.1) is 0 Å². The highest BCUT2D eigenvalue weighted by molar-refractivity contribution is 7.09. The lowest BCUT2D eigenvalue weighted by atomic mass is 10.2. The summed E-state index contributed by atoms with van der Waals surface area (Å²) < 4.78 is 39.3. The van der Waals surface area contributed by atoms with Gasteiger partial charge in [-0.2, -0.15) is 13.2 Å². The Morgan fingerprint density at radius 1 is 1.29 bits per heavy atom. The van der Waals surface area contributed by atoms with Crippen LogP contribution in [0.15, 0.2) is 40.6 Å². The van der Waals surface area contributed by atoms with Crippen molar-refractivity contribution in [2.45, 2.75) is 38.1 Å². The molecule has 1 aliphatic carbocycles. The fraction of sp³-hybridized carbons (Fsp3) is 0.375. The standard InChI is InChI=1S/C16H15F3N2O2S/c17-16(18,19)13-4-1-7-20(15(13)23)10-14(22)21(11-5-6-11)9-12-3-2-8-24-12/h1-4,7-8,11H,5-6,9-10H2. The van der Waals surface area contributed by atoms with Crippen LogP contribution >= 0.6 is 11.3 Å². The van der Waals surface area contributed by atoms with Crippen LogP contribution in [0.25, 0.3) is 0 Å². The van der Waals surface area contributed by atoms with Crippen LogP contribution in [0.1, 0.15) is 23.3 Å². The van der Waals surface area contributed by atoms with Crippen LogP contribution in [-0.4, -0.2) is 21.4 Å². The van der Waals surface area contributed by atoms with Crippen LogP contribution < -0.4 is 5.56 Å². The fourth-order valence-corrected chi connectivity index (χ4v) is 3.19. The van der Waals surface area contributed by atoms with Crippen LogP contribution in [0.5, 0.6) is 0 Å². The molecule has 1 saturated carbocycles. The number of pyridine rings is 1. The van der Waals surface area contributed by atoms with Gasteiger partial charge in [0, 0.05) is 17.1 Å². The number of rotatable bonds is 5. The molecule has 1 amide bonds. The average Bonchev–Trinajstić information content (AvgIpc) is 3.22. The summed E-state index contributed by atoms with van der Waals surface area (Å²) in [5.74, 6) is -0.340. The quantitative estimate of drug-likeness (QED) is 0.826. The molecule has 0 bridgehead atoms. The summed E-state index contributed by atoms with van der Waals surface area (Å²) in [6.45, 7) is 0.0412. The van der Waals surface area contributed by atoms with Gasteiger partial charge < -0.3 is 9.47 Å². The molecule has 1 aliphatic rings. The third kappa shape index (κ3) is 3.69. The van der Waals surface area contributed by atoms with E-state index in [1.807, 2.05) is 17.5 Å². The van der Waals surface area contributed by atoms with Crippen LogP contribution in [0.4, 0.5) is 13.2 Å². The molecule has 0 unspecified atom stereocenters. The van der Waals surface area contributed by atoms with Crippen molar-refractivity contribution in [1.82, 2.24) is 9.47 Å². The van der Waals surface area contributed by atoms with Crippen molar-refractivity contribution in [1.29, 1.82) is 0 Å². The first kappa shape index (κ1) is 16.8. The molecule has 2 aromatic rings. The number of alkyl halides is 3. The number of hydrogen-bond acceptors (Lipinski definition) is 3. The highest BCUT2D eigenvalue weighted by Gasteiger charge is 2.35. The number of aromatic nitrogens is 1. The van der Waals surface area contributed by atoms with Crippen LogP contribution in [0.3, 0.4) is 0 Å². The van der Waals surface area contributed by atoms with Gasteiger partial charge in [-0.05, 0) is 36.4 Å². The maximum Gasteiger partial charge on any atom is 0.421 e. The van der Waals surface area contributed by atoms with Crippen LogP contribution in [0.2, 0.25) is 0 Å². The highest BCUT2D eigenvalue weighted by atomic mass is 32.1. The number of amides is 1. The van der Waals surface area contributed by atoms with Gasteiger partial charge in [0.1, 0.15) is 12.1 Å². The van der Waals surface area contributed by atoms with E-state index in [2.05, 4.69) is 0 Å². The summed E-state index contributed by atoms with van der Waals surface area (Å²) in [6, 6.07) is 5.77. The number of halogens is 3. The van der Waals surface area contributed by atoms with Gasteiger partial charge in [0.25, 0.3) is 5.56 Å². The third-order valence-corrected chi connectivity index (χ3v) is 4.71. The summed E-state index contributed by atoms with van der Waals surface area (Å²) >= 11 is 1.52. The summed E-state index contributed by atoms with van der Waals surface area (Å²) in [4.78, 5) is 27.1. The Labute approximate surface area is 140 Å². The van der Waals surface area contributed by atoms with Crippen molar-refractivity contribution >= 4 is 17.2 Å². The minimum Gasteiger partial charge on any atom is -0.333 e. The number of carbonyl (C=O) groups excluding carboxylic acids is 1. The predicted octanol–water partition coefficient (Wildman–Crippen LogP) is 3.12. The molecule has 24 heavy (non-hydrogen) atoms. The van der Waals surface area contributed by atoms with Crippen molar-refractivity contribution in [3.63, 3.8) is 0 Å². The van der Waals surface area contributed by atoms with Gasteiger partial charge in [0.15, 0.2) is 0 Å². The molecule has 3 rings (SSSR count). The Balaban J connectivity index is 1.79. The molecule has 0 N–H and O–H groups in total. The number of hydrogen-bond donors (Lipinski definition) is 0. The normalized spacial score (nSPS) is 14.6. The van der Waals surface area contributed by atoms with Gasteiger partial charge in [-0.1, -0.05) is 6.07 Å². The number of thiophene rings is 1. The van der Waals surface area contributed by atoms with Crippen molar-refractivity contribution < 1.29 is 18.0 Å². The largest absolute Gasteiger partial charge is 0.421 e. The lowest BCUT2D eigenvalue weighted by Crippen LogP contribution is -2.38. The zero-order chi connectivity index (χ0) is 17.3. The molecule has 4 nitrogen and oxygen atoms in total. The van der Waals surface area contributed by atoms with Crippen molar-refractivity contribution in [3.8, 4) is 0 Å². The lowest BCUT2D eigenvalue weighted by molar-refractivity contribution is -0.139. The van der Waals surface area contributed by atoms with E-state index in [0.29, 0.717) is 6.54 Å². The van der Waals surface area contributed by atoms with Crippen molar-refractivity contribution in [2.24, 2.45) is 0 Å². The van der Waals surface area contributed by atoms with E-state index in [4.69, 9.17) is 0 Å². The van der Waals surface area contributed by atoms with Gasteiger partial charge in [0.2, 0.25) is 5.91 Å². The summed E-state index contributed by atoms with van der Waals surface area (Å²) in [7, 11) is 0. The van der Waals surface area contributed by atoms with Gasteiger partial charge in [0.05, 0.1) is 6.54 Å². The molecule has 1 fully saturated rings. The molecule has 128 valence electrons. The van der Waals surface area contributed by atoms with Crippen molar-refractivity contribution in [2.75, 3.05) is 0 Å². The zero-order valence-corrected chi connectivity index (χ0v) is 13.4. The average molecular weight is 356 g/mol. The Bertz CT molecular complexity index is 779. The second kappa shape index (κ2) is 6.43. The van der Waals surface area contributed by atoms with E-state index >= 15 is 0 Å². The van der Waals surface area contributed by atoms with E-state index in [1.165, 1.54) is 17.5 Å². The molecule has 0 atom stereocenters. The Morgan fingerprint density at radius 2 is 2.04 bits per heavy atom. The molecule has 0 radical (unpaired) electrons. The first-order valence-corrected chi connectivity index (χ1v) is 8.33. The molecule has 0 aliphatic heterocycles. The molecular formula is C16H15F3N2O2S. The topological polar surface area (TPSA) is 42.3 Å². The van der Waals surface area contributed by atoms with E-state index in [1.54, 1.807) is 4.90 Å². The third-order valence-electron chi connectivity index (χ3n) is 3.85. The van der Waals surface area contributed by atoms with E-state index in [9.17, 15) is 22.8 Å². The van der Waals surface area contributed by atoms with Gasteiger partial charge >= 0.3 is 6.18 Å². The smallest absolute Gasteiger partial charge is 0.333 e. The van der Waals surface area contributed by atoms with Crippen molar-refractivity contribution in [3.05, 3.63) is 56.6 Å². The molecule has 0 saturated heterocycles. The van der Waals surface area contributed by atoms with E-state index in [0.717, 1.165) is 34.4 Å². The second-order valence-corrected chi connectivity index (χ2v) is 6.72. The second-order valence-electron chi connectivity index (χ2n) is 5.68. The summed E-state index contributed by atoms with van der Waals surface area (Å²) in [6.07, 6.45) is -1.74. The Kier molecular flexibility index (Phi) is 4.49. The summed E-state index contributed by atoms with van der Waals surface area (Å²) in [5, 5.41) is 1.90. The predicted molar refractivity (Wildman–Crippen MR) is 83.6 cm³/mol. The maximum absolute atomic E-state index is 12.8. The van der Waals surface area contributed by atoms with Crippen LogP contribution in [-0.2, 0) is 24.1 Å². The Hall–Kier alpha value is -2.09. The fourth-order valence-electron chi connectivity index (χ4n) is 2.49. The van der Waals surface area contributed by atoms with E-state index < -0.39 is 17.3 Å². The van der Waals surface area contributed by atoms with Gasteiger partial charge in [-0.15, -0.1) is 11.3 Å². The van der Waals surface area contributed by atoms with Gasteiger partial charge in [-0.3, -0.25) is 9.59 Å². The monoisotopic (exact) mass is 356 g/mol. The zero-order valence-electron chi connectivity index (χ0n) is 12.6. The molecule has 8 heteroatoms. The molecule has 0 aromatic carbocycles. The van der Waals surface area contributed by atoms with E-state index in [-0.39, 0.29) is 18.5 Å². The maximum atomic E-state index is 12.8. The lowest BCUT2D eigenvalue weighted by Gasteiger charge is -2.22. The molecular weight excluding hydrogens is 341 g/mol. The minimum atomic E-state index is -4.73. The number of nitrogens with zero attached hydrogens (tertiary/aromatic N) is 2. The first-order valence-electron chi connectivity index (χ1n) is 7.45. The van der Waals surface area contributed by atoms with Gasteiger partial charge in [-0.25, -0.2) is 0 Å². The minimum absolute atomic E-state index is 0.112. The molecule has 2 heterocycles. The number of carbonyl (C=O) groups is 1. The Morgan fingerprint density at radius 3 is 2.62 bits per heavy atom. The highest BCUT2D eigenvalue weighted by Crippen LogP contribution is 2.30. The molecule has 0 spiro atoms. The SMILES string of the molecule is O=C(Cn1cccc(C(F)(F)F)c1=O)N(Cc1cccs1)C1CC1. The first-order chi connectivity index (χ1) is 11.4.